The average Bonchev–Trinajstić information content (AvgIpc) is 2.83. The van der Waals surface area contributed by atoms with Gasteiger partial charge >= 0.3 is 0 Å². The van der Waals surface area contributed by atoms with Crippen molar-refractivity contribution in [2.24, 2.45) is 0 Å². The third-order valence-electron chi connectivity index (χ3n) is 3.14. The second kappa shape index (κ2) is 6.07. The van der Waals surface area contributed by atoms with E-state index in [0.717, 1.165) is 25.4 Å². The van der Waals surface area contributed by atoms with Gasteiger partial charge in [-0.15, -0.1) is 11.3 Å². The third-order valence-corrected chi connectivity index (χ3v) is 5.35. The highest BCUT2D eigenvalue weighted by molar-refractivity contribution is 9.10. The van der Waals surface area contributed by atoms with Crippen LogP contribution in [0.1, 0.15) is 10.4 Å². The number of benzene rings is 2. The Morgan fingerprint density at radius 2 is 2.05 bits per heavy atom. The van der Waals surface area contributed by atoms with E-state index in [1.165, 1.54) is 4.70 Å². The third kappa shape index (κ3) is 2.91. The van der Waals surface area contributed by atoms with Gasteiger partial charge in [-0.3, -0.25) is 0 Å². The number of hydrogen-bond acceptors (Lipinski definition) is 3. The van der Waals surface area contributed by atoms with E-state index >= 15 is 0 Å². The molecule has 0 unspecified atom stereocenters. The molecular weight excluding hydrogens is 368 g/mol. The van der Waals surface area contributed by atoms with Crippen molar-refractivity contribution in [1.29, 1.82) is 5.26 Å². The van der Waals surface area contributed by atoms with Crippen LogP contribution in [0.2, 0.25) is 5.02 Å². The first-order valence-corrected chi connectivity index (χ1v) is 8.27. The number of nitrogens with one attached hydrogen (secondary N) is 1. The predicted octanol–water partition coefficient (Wildman–Crippen LogP) is 5.80. The highest BCUT2D eigenvalue weighted by Gasteiger charge is 2.10. The molecule has 0 aliphatic rings. The van der Waals surface area contributed by atoms with Crippen LogP contribution in [0.5, 0.6) is 0 Å². The number of nitriles is 1. The monoisotopic (exact) mass is 376 g/mol. The molecule has 0 radical (unpaired) electrons. The van der Waals surface area contributed by atoms with Crippen LogP contribution in [-0.2, 0) is 6.54 Å². The van der Waals surface area contributed by atoms with Crippen molar-refractivity contribution < 1.29 is 0 Å². The molecule has 2 aromatic carbocycles. The van der Waals surface area contributed by atoms with Gasteiger partial charge in [-0.1, -0.05) is 45.7 Å². The highest BCUT2D eigenvalue weighted by Crippen LogP contribution is 2.35. The fourth-order valence-electron chi connectivity index (χ4n) is 2.12. The second-order valence-corrected chi connectivity index (χ2v) is 6.92. The second-order valence-electron chi connectivity index (χ2n) is 4.49. The van der Waals surface area contributed by atoms with Gasteiger partial charge in [0.15, 0.2) is 0 Å². The molecule has 0 saturated carbocycles. The molecule has 1 heterocycles. The van der Waals surface area contributed by atoms with E-state index in [9.17, 15) is 5.26 Å². The maximum Gasteiger partial charge on any atom is 0.101 e. The molecule has 0 fully saturated rings. The molecule has 0 spiro atoms. The number of nitrogens with zero attached hydrogens (tertiary/aromatic N) is 1. The van der Waals surface area contributed by atoms with E-state index in [4.69, 9.17) is 11.6 Å². The molecule has 1 N–H and O–H groups in total. The maximum atomic E-state index is 9.17. The average molecular weight is 378 g/mol. The van der Waals surface area contributed by atoms with E-state index in [1.807, 2.05) is 30.3 Å². The summed E-state index contributed by atoms with van der Waals surface area (Å²) >= 11 is 11.5. The number of rotatable bonds is 3. The highest BCUT2D eigenvalue weighted by atomic mass is 79.9. The summed E-state index contributed by atoms with van der Waals surface area (Å²) in [4.78, 5) is 1.07. The summed E-state index contributed by atoms with van der Waals surface area (Å²) in [5, 5.41) is 14.3. The van der Waals surface area contributed by atoms with Crippen molar-refractivity contribution in [3.8, 4) is 6.07 Å². The van der Waals surface area contributed by atoms with E-state index in [2.05, 4.69) is 33.4 Å². The van der Waals surface area contributed by atoms with E-state index in [0.29, 0.717) is 12.1 Å². The summed E-state index contributed by atoms with van der Waals surface area (Å²) in [5.74, 6) is 0. The zero-order chi connectivity index (χ0) is 14.8. The SMILES string of the molecule is N#Cc1cc(Br)ccc1NCc1sc2ccccc2c1Cl. The Balaban J connectivity index is 1.87. The molecular formula is C16H10BrClN2S. The fraction of sp³-hybridized carbons (Fsp3) is 0.0625. The Bertz CT molecular complexity index is 851. The molecule has 104 valence electrons. The number of fused-ring (bicyclic) bond motifs is 1. The molecule has 3 aromatic rings. The first kappa shape index (κ1) is 14.4. The Hall–Kier alpha value is -1.54. The zero-order valence-corrected chi connectivity index (χ0v) is 14.0. The normalized spacial score (nSPS) is 10.5. The molecule has 0 bridgehead atoms. The first-order valence-electron chi connectivity index (χ1n) is 6.28. The van der Waals surface area contributed by atoms with Gasteiger partial charge in [-0.05, 0) is 24.3 Å². The van der Waals surface area contributed by atoms with Crippen molar-refractivity contribution in [2.45, 2.75) is 6.54 Å². The van der Waals surface area contributed by atoms with Crippen LogP contribution in [0, 0.1) is 11.3 Å². The van der Waals surface area contributed by atoms with Gasteiger partial charge in [0.2, 0.25) is 0 Å². The molecule has 0 atom stereocenters. The molecule has 0 aliphatic carbocycles. The lowest BCUT2D eigenvalue weighted by Crippen LogP contribution is -2.00. The predicted molar refractivity (Wildman–Crippen MR) is 93.0 cm³/mol. The molecule has 0 amide bonds. The lowest BCUT2D eigenvalue weighted by Gasteiger charge is -2.07. The van der Waals surface area contributed by atoms with Crippen LogP contribution in [0.15, 0.2) is 46.9 Å². The van der Waals surface area contributed by atoms with E-state index in [1.54, 1.807) is 17.4 Å². The molecule has 2 nitrogen and oxygen atoms in total. The summed E-state index contributed by atoms with van der Waals surface area (Å²) in [7, 11) is 0. The number of anilines is 1. The summed E-state index contributed by atoms with van der Waals surface area (Å²) in [6.45, 7) is 0.606. The largest absolute Gasteiger partial charge is 0.379 e. The lowest BCUT2D eigenvalue weighted by molar-refractivity contribution is 1.19. The van der Waals surface area contributed by atoms with Gasteiger partial charge in [0.25, 0.3) is 0 Å². The smallest absolute Gasteiger partial charge is 0.101 e. The molecule has 0 aliphatic heterocycles. The van der Waals surface area contributed by atoms with Crippen LogP contribution in [0.3, 0.4) is 0 Å². The Morgan fingerprint density at radius 1 is 1.24 bits per heavy atom. The Kier molecular flexibility index (Phi) is 4.16. The standard InChI is InChI=1S/C16H10BrClN2S/c17-11-5-6-13(10(7-11)8-19)20-9-15-16(18)12-3-1-2-4-14(12)21-15/h1-7,20H,9H2. The van der Waals surface area contributed by atoms with Gasteiger partial charge in [0, 0.05) is 19.4 Å². The van der Waals surface area contributed by atoms with E-state index < -0.39 is 0 Å². The van der Waals surface area contributed by atoms with Crippen molar-refractivity contribution in [1.82, 2.24) is 0 Å². The minimum absolute atomic E-state index is 0.606. The summed E-state index contributed by atoms with van der Waals surface area (Å²) in [5.41, 5.74) is 1.43. The number of halogens is 2. The summed E-state index contributed by atoms with van der Waals surface area (Å²) in [6.07, 6.45) is 0. The topological polar surface area (TPSA) is 35.8 Å². The molecule has 3 rings (SSSR count). The summed E-state index contributed by atoms with van der Waals surface area (Å²) in [6, 6.07) is 15.9. The van der Waals surface area contributed by atoms with Crippen molar-refractivity contribution >= 4 is 54.6 Å². The molecule has 21 heavy (non-hydrogen) atoms. The van der Waals surface area contributed by atoms with Crippen LogP contribution in [0.25, 0.3) is 10.1 Å². The van der Waals surface area contributed by atoms with Gasteiger partial charge in [-0.25, -0.2) is 0 Å². The minimum Gasteiger partial charge on any atom is -0.379 e. The lowest BCUT2D eigenvalue weighted by atomic mass is 10.2. The Labute approximate surface area is 140 Å². The maximum absolute atomic E-state index is 9.17. The van der Waals surface area contributed by atoms with Crippen molar-refractivity contribution in [3.05, 3.63) is 62.4 Å². The van der Waals surface area contributed by atoms with Crippen LogP contribution < -0.4 is 5.32 Å². The molecule has 5 heteroatoms. The van der Waals surface area contributed by atoms with Crippen molar-refractivity contribution in [2.75, 3.05) is 5.32 Å². The molecule has 0 saturated heterocycles. The van der Waals surface area contributed by atoms with Crippen LogP contribution in [-0.4, -0.2) is 0 Å². The minimum atomic E-state index is 0.606. The molecule has 1 aromatic heterocycles. The fourth-order valence-corrected chi connectivity index (χ4v) is 3.92. The first-order chi connectivity index (χ1) is 10.2. The summed E-state index contributed by atoms with van der Waals surface area (Å²) < 4.78 is 2.07. The van der Waals surface area contributed by atoms with E-state index in [-0.39, 0.29) is 0 Å². The van der Waals surface area contributed by atoms with Crippen LogP contribution >= 0.6 is 38.9 Å². The Morgan fingerprint density at radius 3 is 2.81 bits per heavy atom. The van der Waals surface area contributed by atoms with Crippen LogP contribution in [0.4, 0.5) is 5.69 Å². The van der Waals surface area contributed by atoms with Gasteiger partial charge in [0.05, 0.1) is 22.8 Å². The number of hydrogen-bond donors (Lipinski definition) is 1. The van der Waals surface area contributed by atoms with Gasteiger partial charge in [0.1, 0.15) is 6.07 Å². The quantitative estimate of drug-likeness (QED) is 0.626. The zero-order valence-electron chi connectivity index (χ0n) is 10.9. The van der Waals surface area contributed by atoms with Gasteiger partial charge in [-0.2, -0.15) is 5.26 Å². The number of thiophene rings is 1. The van der Waals surface area contributed by atoms with Gasteiger partial charge < -0.3 is 5.32 Å². The van der Waals surface area contributed by atoms with Crippen molar-refractivity contribution in [3.63, 3.8) is 0 Å².